The van der Waals surface area contributed by atoms with E-state index in [1.54, 1.807) is 47.0 Å². The normalized spacial score (nSPS) is 11.7. The number of nitrogens with zero attached hydrogens (tertiary/aromatic N) is 2. The first-order valence-electron chi connectivity index (χ1n) is 14.3. The molecule has 0 aliphatic rings. The molecule has 0 saturated carbocycles. The van der Waals surface area contributed by atoms with Crippen LogP contribution in [0.5, 0.6) is 0 Å². The van der Waals surface area contributed by atoms with E-state index in [2.05, 4.69) is 10.0 Å². The maximum Gasteiger partial charge on any atom is 0.262 e. The third-order valence-electron chi connectivity index (χ3n) is 7.72. The molecule has 1 heterocycles. The molecule has 44 heavy (non-hydrogen) atoms. The number of carbonyl (C=O) groups is 2. The molecule has 1 amide bonds. The summed E-state index contributed by atoms with van der Waals surface area (Å²) in [4.78, 5) is 28.7. The van der Waals surface area contributed by atoms with E-state index >= 15 is 0 Å². The number of anilines is 1. The van der Waals surface area contributed by atoms with Gasteiger partial charge in [0.05, 0.1) is 16.8 Å². The third kappa shape index (κ3) is 6.36. The maximum atomic E-state index is 13.5. The fourth-order valence-electron chi connectivity index (χ4n) is 5.52. The Kier molecular flexibility index (Phi) is 9.10. The molecule has 5 aromatic rings. The molecule has 4 aromatic carbocycles. The lowest BCUT2D eigenvalue weighted by atomic mass is 10.1. The Bertz CT molecular complexity index is 1980. The van der Waals surface area contributed by atoms with Crippen molar-refractivity contribution >= 4 is 60.8 Å². The van der Waals surface area contributed by atoms with Gasteiger partial charge in [-0.3, -0.25) is 14.2 Å². The first-order valence-corrected chi connectivity index (χ1v) is 16.2. The largest absolute Gasteiger partial charge is 0.377 e. The first-order chi connectivity index (χ1) is 21.0. The molecule has 0 atom stereocenters. The van der Waals surface area contributed by atoms with Crippen LogP contribution in [0.15, 0.2) is 83.8 Å². The van der Waals surface area contributed by atoms with E-state index in [1.165, 1.54) is 0 Å². The van der Waals surface area contributed by atoms with Gasteiger partial charge in [-0.15, -0.1) is 0 Å². The van der Waals surface area contributed by atoms with E-state index in [0.29, 0.717) is 34.6 Å². The van der Waals surface area contributed by atoms with Crippen LogP contribution in [0.1, 0.15) is 33.6 Å². The second kappa shape index (κ2) is 12.8. The number of aromatic nitrogens is 1. The van der Waals surface area contributed by atoms with Crippen LogP contribution < -0.4 is 14.9 Å². The van der Waals surface area contributed by atoms with Crippen LogP contribution in [-0.2, 0) is 21.2 Å². The summed E-state index contributed by atoms with van der Waals surface area (Å²) in [6, 6.07) is 23.4. The lowest BCUT2D eigenvalue weighted by molar-refractivity contribution is -0.120. The van der Waals surface area contributed by atoms with E-state index in [1.807, 2.05) is 69.2 Å². The number of benzene rings is 4. The van der Waals surface area contributed by atoms with Crippen LogP contribution >= 0.6 is 11.6 Å². The smallest absolute Gasteiger partial charge is 0.262 e. The molecule has 0 aliphatic heterocycles. The number of hydrogen-bond donors (Lipinski definition) is 2. The van der Waals surface area contributed by atoms with E-state index in [9.17, 15) is 18.0 Å². The van der Waals surface area contributed by atoms with Gasteiger partial charge < -0.3 is 10.2 Å². The number of hydrogen-bond acceptors (Lipinski definition) is 5. The van der Waals surface area contributed by atoms with Crippen molar-refractivity contribution in [1.82, 2.24) is 14.6 Å². The summed E-state index contributed by atoms with van der Waals surface area (Å²) in [6.07, 6.45) is 0.496. The van der Waals surface area contributed by atoms with Crippen molar-refractivity contribution in [2.75, 3.05) is 32.1 Å². The minimum atomic E-state index is -3.77. The number of sulfonamides is 1. The van der Waals surface area contributed by atoms with Gasteiger partial charge in [0, 0.05) is 65.3 Å². The van der Waals surface area contributed by atoms with E-state index in [0.717, 1.165) is 33.1 Å². The van der Waals surface area contributed by atoms with Crippen LogP contribution in [0.25, 0.3) is 21.7 Å². The fraction of sp³-hybridized carbons (Fsp3) is 0.235. The van der Waals surface area contributed by atoms with Crippen molar-refractivity contribution in [3.05, 3.63) is 106 Å². The summed E-state index contributed by atoms with van der Waals surface area (Å²) < 4.78 is 30.7. The average molecular weight is 631 g/mol. The molecule has 1 aromatic heterocycles. The molecule has 0 radical (unpaired) electrons. The number of carbonyl (C=O) groups excluding carboxylic acids is 2. The van der Waals surface area contributed by atoms with Crippen molar-refractivity contribution in [3.63, 3.8) is 0 Å². The minimum absolute atomic E-state index is 0.0859. The highest BCUT2D eigenvalue weighted by Gasteiger charge is 2.22. The number of amides is 1. The van der Waals surface area contributed by atoms with Crippen LogP contribution in [0.2, 0.25) is 5.02 Å². The molecule has 5 rings (SSSR count). The van der Waals surface area contributed by atoms with Gasteiger partial charge in [-0.2, -0.15) is 0 Å². The van der Waals surface area contributed by atoms with E-state index in [-0.39, 0.29) is 29.7 Å². The fourth-order valence-corrected chi connectivity index (χ4v) is 6.94. The average Bonchev–Trinajstić information content (AvgIpc) is 3.25. The monoisotopic (exact) mass is 630 g/mol. The number of nitrogens with one attached hydrogen (secondary N) is 2. The maximum absolute atomic E-state index is 13.5. The molecular weight excluding hydrogens is 596 g/mol. The lowest BCUT2D eigenvalue weighted by Crippen LogP contribution is -2.31. The van der Waals surface area contributed by atoms with Crippen molar-refractivity contribution in [2.24, 2.45) is 0 Å². The van der Waals surface area contributed by atoms with Crippen molar-refractivity contribution in [2.45, 2.75) is 31.6 Å². The predicted molar refractivity (Wildman–Crippen MR) is 177 cm³/mol. The standard InChI is InChI=1S/C34H35ClN4O4S/c1-22-12-17-31-29(20-22)28(23(2)39(31)34(41)24-13-15-25(35)16-14-24)21-33(40)36-18-7-19-37-44(42,43)32-11-6-8-26-27(32)9-5-10-30(26)38(3)4/h5-6,8-17,20,37H,7,18-19,21H2,1-4H3,(H,36,40). The van der Waals surface area contributed by atoms with Gasteiger partial charge in [-0.05, 0) is 74.4 Å². The van der Waals surface area contributed by atoms with Crippen molar-refractivity contribution < 1.29 is 18.0 Å². The Balaban J connectivity index is 1.24. The highest BCUT2D eigenvalue weighted by atomic mass is 35.5. The Morgan fingerprint density at radius 2 is 1.57 bits per heavy atom. The van der Waals surface area contributed by atoms with Gasteiger partial charge in [0.25, 0.3) is 5.91 Å². The van der Waals surface area contributed by atoms with Crippen molar-refractivity contribution in [3.8, 4) is 0 Å². The quantitative estimate of drug-likeness (QED) is 0.189. The molecule has 0 unspecified atom stereocenters. The molecule has 0 saturated heterocycles. The predicted octanol–water partition coefficient (Wildman–Crippen LogP) is 5.85. The summed E-state index contributed by atoms with van der Waals surface area (Å²) in [6.45, 7) is 4.27. The molecular formula is C34H35ClN4O4S. The van der Waals surface area contributed by atoms with Gasteiger partial charge in [-0.1, -0.05) is 47.5 Å². The zero-order valence-electron chi connectivity index (χ0n) is 25.1. The highest BCUT2D eigenvalue weighted by Crippen LogP contribution is 2.31. The van der Waals surface area contributed by atoms with E-state index in [4.69, 9.17) is 11.6 Å². The lowest BCUT2D eigenvalue weighted by Gasteiger charge is -2.17. The van der Waals surface area contributed by atoms with E-state index < -0.39 is 10.0 Å². The molecule has 8 nitrogen and oxygen atoms in total. The van der Waals surface area contributed by atoms with Crippen LogP contribution in [-0.4, -0.2) is 52.0 Å². The zero-order valence-corrected chi connectivity index (χ0v) is 26.7. The minimum Gasteiger partial charge on any atom is -0.377 e. The molecule has 228 valence electrons. The Hall–Kier alpha value is -4.18. The van der Waals surface area contributed by atoms with Gasteiger partial charge in [0.2, 0.25) is 15.9 Å². The van der Waals surface area contributed by atoms with Crippen LogP contribution in [0.3, 0.4) is 0 Å². The van der Waals surface area contributed by atoms with Crippen LogP contribution in [0.4, 0.5) is 5.69 Å². The second-order valence-electron chi connectivity index (χ2n) is 11.0. The number of halogens is 1. The topological polar surface area (TPSA) is 101 Å². The number of aryl methyl sites for hydroxylation is 1. The number of fused-ring (bicyclic) bond motifs is 2. The number of rotatable bonds is 10. The highest BCUT2D eigenvalue weighted by molar-refractivity contribution is 7.89. The third-order valence-corrected chi connectivity index (χ3v) is 9.49. The van der Waals surface area contributed by atoms with Gasteiger partial charge in [0.1, 0.15) is 0 Å². The first kappa shape index (κ1) is 31.3. The zero-order chi connectivity index (χ0) is 31.6. The molecule has 0 fully saturated rings. The second-order valence-corrected chi connectivity index (χ2v) is 13.2. The Morgan fingerprint density at radius 1 is 0.864 bits per heavy atom. The Morgan fingerprint density at radius 3 is 2.30 bits per heavy atom. The Labute approximate surface area is 262 Å². The summed E-state index contributed by atoms with van der Waals surface area (Å²) in [5.41, 5.74) is 4.65. The SMILES string of the molecule is Cc1ccc2c(c1)c(CC(=O)NCCCNS(=O)(=O)c1cccc3c(N(C)C)cccc13)c(C)n2C(=O)c1ccc(Cl)cc1. The van der Waals surface area contributed by atoms with Gasteiger partial charge >= 0.3 is 0 Å². The van der Waals surface area contributed by atoms with Crippen molar-refractivity contribution in [1.29, 1.82) is 0 Å². The van der Waals surface area contributed by atoms with Gasteiger partial charge in [0.15, 0.2) is 0 Å². The molecule has 0 bridgehead atoms. The van der Waals surface area contributed by atoms with Gasteiger partial charge in [-0.25, -0.2) is 13.1 Å². The molecule has 2 N–H and O–H groups in total. The molecule has 0 aliphatic carbocycles. The van der Waals surface area contributed by atoms with Crippen LogP contribution in [0, 0.1) is 13.8 Å². The summed E-state index contributed by atoms with van der Waals surface area (Å²) in [7, 11) is 0.0742. The summed E-state index contributed by atoms with van der Waals surface area (Å²) in [5, 5.41) is 5.80. The summed E-state index contributed by atoms with van der Waals surface area (Å²) in [5.74, 6) is -0.406. The summed E-state index contributed by atoms with van der Waals surface area (Å²) >= 11 is 6.02. The molecule has 0 spiro atoms. The molecule has 10 heteroatoms.